The number of alkyl halides is 3. The highest BCUT2D eigenvalue weighted by atomic mass is 79.9. The van der Waals surface area contributed by atoms with E-state index in [1.807, 2.05) is 0 Å². The first-order valence-electron chi connectivity index (χ1n) is 4.95. The minimum Gasteiger partial charge on any atom is -0.361 e. The quantitative estimate of drug-likeness (QED) is 0.732. The highest BCUT2D eigenvalue weighted by molar-refractivity contribution is 9.10. The van der Waals surface area contributed by atoms with Crippen LogP contribution in [-0.2, 0) is 10.3 Å². The van der Waals surface area contributed by atoms with Crippen LogP contribution in [0.5, 0.6) is 0 Å². The van der Waals surface area contributed by atoms with E-state index in [1.165, 1.54) is 12.1 Å². The van der Waals surface area contributed by atoms with Crippen molar-refractivity contribution in [3.05, 3.63) is 32.8 Å². The maximum absolute atomic E-state index is 13.1. The molecule has 0 radical (unpaired) electrons. The van der Waals surface area contributed by atoms with Crippen LogP contribution in [0.4, 0.5) is 13.2 Å². The van der Waals surface area contributed by atoms with Gasteiger partial charge in [-0.15, -0.1) is 0 Å². The summed E-state index contributed by atoms with van der Waals surface area (Å²) in [6.45, 7) is 1.82. The third kappa shape index (κ3) is 1.98. The van der Waals surface area contributed by atoms with Gasteiger partial charge in [0.1, 0.15) is 0 Å². The van der Waals surface area contributed by atoms with Gasteiger partial charge in [0.05, 0.1) is 6.61 Å². The molecule has 6 heteroatoms. The average molecular weight is 330 g/mol. The third-order valence-corrected chi connectivity index (χ3v) is 4.11. The zero-order valence-electron chi connectivity index (χ0n) is 8.87. The number of benzene rings is 1. The summed E-state index contributed by atoms with van der Waals surface area (Å²) in [4.78, 5) is 0. The van der Waals surface area contributed by atoms with Crippen molar-refractivity contribution >= 4 is 27.5 Å². The van der Waals surface area contributed by atoms with Crippen molar-refractivity contribution in [3.63, 3.8) is 0 Å². The van der Waals surface area contributed by atoms with Gasteiger partial charge < -0.3 is 4.74 Å². The summed E-state index contributed by atoms with van der Waals surface area (Å²) in [6, 6.07) is 2.90. The molecule has 1 saturated heterocycles. The van der Waals surface area contributed by atoms with Gasteiger partial charge in [-0.1, -0.05) is 33.6 Å². The summed E-state index contributed by atoms with van der Waals surface area (Å²) >= 11 is 9.13. The summed E-state index contributed by atoms with van der Waals surface area (Å²) in [5.41, 5.74) is -1.53. The van der Waals surface area contributed by atoms with Crippen LogP contribution in [0.25, 0.3) is 0 Å². The predicted molar refractivity (Wildman–Crippen MR) is 62.2 cm³/mol. The van der Waals surface area contributed by atoms with Crippen LogP contribution in [0.15, 0.2) is 16.6 Å². The van der Waals surface area contributed by atoms with E-state index in [0.29, 0.717) is 10.0 Å². The summed E-state index contributed by atoms with van der Waals surface area (Å²) in [6.07, 6.45) is -4.54. The van der Waals surface area contributed by atoms with E-state index in [0.717, 1.165) is 0 Å². The first kappa shape index (κ1) is 13.2. The fraction of sp³-hybridized carbons (Fsp3) is 0.455. The second-order valence-electron chi connectivity index (χ2n) is 4.00. The Hall–Kier alpha value is -0.260. The molecule has 0 spiro atoms. The monoisotopic (exact) mass is 328 g/mol. The summed E-state index contributed by atoms with van der Waals surface area (Å²) in [5, 5.41) is 0.0690. The maximum Gasteiger partial charge on any atom is 0.421 e. The molecule has 0 bridgehead atoms. The molecule has 1 aromatic carbocycles. The van der Waals surface area contributed by atoms with Crippen LogP contribution in [0.1, 0.15) is 17.5 Å². The Bertz CT molecular complexity index is 455. The average Bonchev–Trinajstić information content (AvgIpc) is 2.09. The van der Waals surface area contributed by atoms with Gasteiger partial charge in [0.15, 0.2) is 5.60 Å². The number of hydrogen-bond acceptors (Lipinski definition) is 1. The standard InChI is InChI=1S/C11H9BrClF3O/c1-6-4-7(9(13)5-8(6)12)10(2-3-17-10)11(14,15)16/h4-5H,2-3H2,1H3. The number of ether oxygens (including phenoxy) is 1. The molecule has 1 fully saturated rings. The van der Waals surface area contributed by atoms with Gasteiger partial charge >= 0.3 is 6.18 Å². The Kier molecular flexibility index (Phi) is 3.21. The molecule has 0 aromatic heterocycles. The van der Waals surface area contributed by atoms with Gasteiger partial charge in [-0.3, -0.25) is 0 Å². The Morgan fingerprint density at radius 1 is 1.41 bits per heavy atom. The molecule has 2 rings (SSSR count). The smallest absolute Gasteiger partial charge is 0.361 e. The highest BCUT2D eigenvalue weighted by Crippen LogP contribution is 2.52. The first-order valence-corrected chi connectivity index (χ1v) is 6.12. The van der Waals surface area contributed by atoms with Gasteiger partial charge in [-0.2, -0.15) is 13.2 Å². The molecule has 1 atom stereocenters. The lowest BCUT2D eigenvalue weighted by atomic mass is 9.85. The van der Waals surface area contributed by atoms with Gasteiger partial charge in [-0.25, -0.2) is 0 Å². The summed E-state index contributed by atoms with van der Waals surface area (Å²) < 4.78 is 44.7. The van der Waals surface area contributed by atoms with E-state index in [1.54, 1.807) is 6.92 Å². The van der Waals surface area contributed by atoms with E-state index in [-0.39, 0.29) is 23.6 Å². The normalized spacial score (nSPS) is 24.6. The van der Waals surface area contributed by atoms with Gasteiger partial charge in [-0.05, 0) is 18.6 Å². The van der Waals surface area contributed by atoms with Gasteiger partial charge in [0, 0.05) is 21.5 Å². The topological polar surface area (TPSA) is 9.23 Å². The van der Waals surface area contributed by atoms with Crippen LogP contribution in [-0.4, -0.2) is 12.8 Å². The van der Waals surface area contributed by atoms with E-state index >= 15 is 0 Å². The number of halogens is 5. The van der Waals surface area contributed by atoms with Crippen molar-refractivity contribution in [1.82, 2.24) is 0 Å². The molecular weight excluding hydrogens is 320 g/mol. The second kappa shape index (κ2) is 4.14. The van der Waals surface area contributed by atoms with Crippen molar-refractivity contribution in [1.29, 1.82) is 0 Å². The molecule has 1 heterocycles. The lowest BCUT2D eigenvalue weighted by Gasteiger charge is -2.43. The van der Waals surface area contributed by atoms with Crippen LogP contribution >= 0.6 is 27.5 Å². The number of aryl methyl sites for hydroxylation is 1. The number of hydrogen-bond donors (Lipinski definition) is 0. The molecule has 1 aliphatic heterocycles. The predicted octanol–water partition coefficient (Wildman–Crippen LogP) is 4.59. The number of rotatable bonds is 1. The molecule has 0 saturated carbocycles. The molecule has 94 valence electrons. The zero-order chi connectivity index (χ0) is 12.8. The summed E-state index contributed by atoms with van der Waals surface area (Å²) in [7, 11) is 0. The van der Waals surface area contributed by atoms with Gasteiger partial charge in [0.25, 0.3) is 0 Å². The lowest BCUT2D eigenvalue weighted by Crippen LogP contribution is -2.52. The Morgan fingerprint density at radius 2 is 2.00 bits per heavy atom. The molecule has 0 N–H and O–H groups in total. The molecule has 1 nitrogen and oxygen atoms in total. The minimum absolute atomic E-state index is 0.00128. The van der Waals surface area contributed by atoms with Crippen LogP contribution < -0.4 is 0 Å². The zero-order valence-corrected chi connectivity index (χ0v) is 11.2. The van der Waals surface area contributed by atoms with E-state index < -0.39 is 11.8 Å². The van der Waals surface area contributed by atoms with E-state index in [2.05, 4.69) is 15.9 Å². The van der Waals surface area contributed by atoms with E-state index in [9.17, 15) is 13.2 Å². The van der Waals surface area contributed by atoms with Crippen molar-refractivity contribution in [2.24, 2.45) is 0 Å². The Balaban J connectivity index is 2.56. The van der Waals surface area contributed by atoms with Gasteiger partial charge in [0.2, 0.25) is 0 Å². The fourth-order valence-corrected chi connectivity index (χ4v) is 2.65. The fourth-order valence-electron chi connectivity index (χ4n) is 1.86. The highest BCUT2D eigenvalue weighted by Gasteiger charge is 2.62. The van der Waals surface area contributed by atoms with Crippen molar-refractivity contribution < 1.29 is 17.9 Å². The molecule has 1 aliphatic rings. The maximum atomic E-state index is 13.1. The SMILES string of the molecule is Cc1cc(C2(C(F)(F)F)CCO2)c(Cl)cc1Br. The van der Waals surface area contributed by atoms with Crippen LogP contribution in [0.2, 0.25) is 5.02 Å². The molecule has 1 unspecified atom stereocenters. The molecule has 17 heavy (non-hydrogen) atoms. The van der Waals surface area contributed by atoms with Crippen molar-refractivity contribution in [2.75, 3.05) is 6.61 Å². The van der Waals surface area contributed by atoms with Crippen LogP contribution in [0.3, 0.4) is 0 Å². The first-order chi connectivity index (χ1) is 7.78. The molecular formula is C11H9BrClF3O. The molecule has 0 amide bonds. The summed E-state index contributed by atoms with van der Waals surface area (Å²) in [5.74, 6) is 0. The molecule has 0 aliphatic carbocycles. The Morgan fingerprint density at radius 3 is 2.41 bits per heavy atom. The minimum atomic E-state index is -4.45. The lowest BCUT2D eigenvalue weighted by molar-refractivity contribution is -0.333. The Labute approximate surface area is 110 Å². The molecule has 1 aromatic rings. The van der Waals surface area contributed by atoms with Crippen LogP contribution in [0, 0.1) is 6.92 Å². The van der Waals surface area contributed by atoms with Crippen molar-refractivity contribution in [3.8, 4) is 0 Å². The third-order valence-electron chi connectivity index (χ3n) is 2.94. The largest absolute Gasteiger partial charge is 0.421 e. The second-order valence-corrected chi connectivity index (χ2v) is 5.27. The van der Waals surface area contributed by atoms with E-state index in [4.69, 9.17) is 16.3 Å². The van der Waals surface area contributed by atoms with Crippen molar-refractivity contribution in [2.45, 2.75) is 25.1 Å².